The molecule has 0 amide bonds. The average Bonchev–Trinajstić information content (AvgIpc) is 2.43. The largest absolute Gasteiger partial charge is 0.208 e. The van der Waals surface area contributed by atoms with Gasteiger partial charge in [-0.3, -0.25) is 0 Å². The lowest BCUT2D eigenvalue weighted by Gasteiger charge is -2.40. The second kappa shape index (κ2) is 5.62. The first-order chi connectivity index (χ1) is 8.33. The lowest BCUT2D eigenvalue weighted by Crippen LogP contribution is -2.43. The summed E-state index contributed by atoms with van der Waals surface area (Å²) in [5, 5.41) is 13.5. The van der Waals surface area contributed by atoms with Crippen molar-refractivity contribution in [1.82, 2.24) is 0 Å². The van der Waals surface area contributed by atoms with Crippen LogP contribution in [0.25, 0.3) is 0 Å². The highest BCUT2D eigenvalue weighted by atomic mass is 15.1. The first-order valence-electron chi connectivity index (χ1n) is 7.13. The van der Waals surface area contributed by atoms with Crippen molar-refractivity contribution in [3.8, 4) is 6.07 Å². The molecule has 3 nitrogen and oxygen atoms in total. The molecule has 17 heavy (non-hydrogen) atoms. The number of rotatable bonds is 3. The van der Waals surface area contributed by atoms with Crippen molar-refractivity contribution in [2.24, 2.45) is 17.0 Å². The molecule has 0 atom stereocenters. The van der Waals surface area contributed by atoms with E-state index in [-0.39, 0.29) is 0 Å². The Bertz CT molecular complexity index is 275. The van der Waals surface area contributed by atoms with Crippen LogP contribution < -0.4 is 0 Å². The van der Waals surface area contributed by atoms with E-state index in [1.807, 2.05) is 0 Å². The van der Waals surface area contributed by atoms with Crippen molar-refractivity contribution < 1.29 is 0 Å². The minimum Gasteiger partial charge on any atom is -0.208 e. The van der Waals surface area contributed by atoms with Gasteiger partial charge in [-0.1, -0.05) is 38.5 Å². The van der Waals surface area contributed by atoms with Gasteiger partial charge in [0.2, 0.25) is 0 Å². The van der Waals surface area contributed by atoms with Gasteiger partial charge in [0.1, 0.15) is 0 Å². The zero-order valence-corrected chi connectivity index (χ0v) is 10.6. The Morgan fingerprint density at radius 2 is 1.29 bits per heavy atom. The summed E-state index contributed by atoms with van der Waals surface area (Å²) < 4.78 is 0. The first-order valence-corrected chi connectivity index (χ1v) is 7.13. The smallest absolute Gasteiger partial charge is 0.172 e. The Hall–Kier alpha value is -0.910. The van der Waals surface area contributed by atoms with Gasteiger partial charge in [0.05, 0.1) is 6.07 Å². The molecule has 0 bridgehead atoms. The van der Waals surface area contributed by atoms with Gasteiger partial charge < -0.3 is 0 Å². The summed E-state index contributed by atoms with van der Waals surface area (Å²) in [5.74, 6) is 0.698. The van der Waals surface area contributed by atoms with Gasteiger partial charge in [0.15, 0.2) is 5.54 Å². The second-order valence-electron chi connectivity index (χ2n) is 5.72. The highest BCUT2D eigenvalue weighted by molar-refractivity contribution is 5.14. The van der Waals surface area contributed by atoms with Crippen molar-refractivity contribution in [3.63, 3.8) is 0 Å². The summed E-state index contributed by atoms with van der Waals surface area (Å²) in [7, 11) is 0. The van der Waals surface area contributed by atoms with Crippen molar-refractivity contribution in [1.29, 1.82) is 10.8 Å². The fourth-order valence-electron chi connectivity index (χ4n) is 3.81. The van der Waals surface area contributed by atoms with Gasteiger partial charge in [0, 0.05) is 0 Å². The second-order valence-corrected chi connectivity index (χ2v) is 5.72. The third-order valence-corrected chi connectivity index (χ3v) is 4.82. The molecule has 2 aliphatic carbocycles. The van der Waals surface area contributed by atoms with Gasteiger partial charge in [-0.15, -0.1) is 0 Å². The molecule has 0 aromatic carbocycles. The third kappa shape index (κ3) is 2.36. The van der Waals surface area contributed by atoms with Crippen LogP contribution >= 0.6 is 0 Å². The van der Waals surface area contributed by atoms with Gasteiger partial charge in [0.25, 0.3) is 0 Å². The number of nitriles is 1. The minimum atomic E-state index is -0.680. The van der Waals surface area contributed by atoms with Crippen LogP contribution in [0.3, 0.4) is 0 Å². The minimum absolute atomic E-state index is 0.349. The van der Waals surface area contributed by atoms with Crippen LogP contribution in [0, 0.1) is 28.7 Å². The van der Waals surface area contributed by atoms with E-state index in [4.69, 9.17) is 5.53 Å². The Morgan fingerprint density at radius 3 is 1.59 bits per heavy atom. The number of nitrogens with one attached hydrogen (secondary N) is 1. The molecule has 0 saturated heterocycles. The van der Waals surface area contributed by atoms with Crippen LogP contribution in [-0.2, 0) is 0 Å². The van der Waals surface area contributed by atoms with E-state index in [0.717, 1.165) is 25.7 Å². The molecule has 2 rings (SSSR count). The molecule has 2 aliphatic rings. The van der Waals surface area contributed by atoms with Crippen LogP contribution in [0.4, 0.5) is 0 Å². The molecule has 0 heterocycles. The van der Waals surface area contributed by atoms with Crippen LogP contribution in [0.5, 0.6) is 0 Å². The Morgan fingerprint density at radius 1 is 0.882 bits per heavy atom. The molecule has 0 unspecified atom stereocenters. The summed E-state index contributed by atoms with van der Waals surface area (Å²) in [6, 6.07) is 2.45. The average molecular weight is 233 g/mol. The zero-order valence-electron chi connectivity index (χ0n) is 10.6. The zero-order chi connectivity index (χ0) is 12.1. The van der Waals surface area contributed by atoms with Crippen molar-refractivity contribution in [3.05, 3.63) is 0 Å². The molecule has 2 fully saturated rings. The van der Waals surface area contributed by atoms with Gasteiger partial charge in [-0.2, -0.15) is 10.4 Å². The molecule has 2 saturated carbocycles. The quantitative estimate of drug-likeness (QED) is 0.720. The van der Waals surface area contributed by atoms with Crippen LogP contribution in [0.2, 0.25) is 0 Å². The molecular formula is C14H23N3. The number of hydrogen-bond acceptors (Lipinski definition) is 3. The highest BCUT2D eigenvalue weighted by Crippen LogP contribution is 2.44. The van der Waals surface area contributed by atoms with Crippen molar-refractivity contribution >= 4 is 0 Å². The van der Waals surface area contributed by atoms with Crippen LogP contribution in [0.15, 0.2) is 5.11 Å². The molecule has 3 heteroatoms. The lowest BCUT2D eigenvalue weighted by molar-refractivity contribution is 0.145. The molecule has 94 valence electrons. The van der Waals surface area contributed by atoms with Crippen LogP contribution in [-0.4, -0.2) is 5.54 Å². The molecule has 0 spiro atoms. The summed E-state index contributed by atoms with van der Waals surface area (Å²) >= 11 is 0. The number of nitrogens with zero attached hydrogens (tertiary/aromatic N) is 2. The molecule has 1 N–H and O–H groups in total. The monoisotopic (exact) mass is 233 g/mol. The Labute approximate surface area is 104 Å². The predicted octanol–water partition coefficient (Wildman–Crippen LogP) is 4.44. The summed E-state index contributed by atoms with van der Waals surface area (Å²) in [6.45, 7) is 0. The molecule has 0 aromatic heterocycles. The maximum absolute atomic E-state index is 9.62. The Balaban J connectivity index is 2.17. The van der Waals surface area contributed by atoms with Crippen molar-refractivity contribution in [2.45, 2.75) is 69.7 Å². The predicted molar refractivity (Wildman–Crippen MR) is 66.6 cm³/mol. The maximum atomic E-state index is 9.62. The van der Waals surface area contributed by atoms with E-state index in [1.165, 1.54) is 38.5 Å². The normalized spacial score (nSPS) is 24.2. The third-order valence-electron chi connectivity index (χ3n) is 4.82. The molecule has 0 radical (unpaired) electrons. The van der Waals surface area contributed by atoms with E-state index >= 15 is 0 Å². The standard InChI is InChI=1S/C14H23N3/c15-11-14(17-16,12-7-3-1-4-8-12)13-9-5-2-6-10-13/h12-13,16H,1-10H2. The van der Waals surface area contributed by atoms with E-state index in [0.29, 0.717) is 11.8 Å². The fourth-order valence-corrected chi connectivity index (χ4v) is 3.81. The van der Waals surface area contributed by atoms with E-state index in [2.05, 4.69) is 11.2 Å². The SMILES string of the molecule is N#CC(N=N)(C1CCCCC1)C1CCCCC1. The van der Waals surface area contributed by atoms with Gasteiger partial charge >= 0.3 is 0 Å². The fraction of sp³-hybridized carbons (Fsp3) is 0.929. The van der Waals surface area contributed by atoms with E-state index in [9.17, 15) is 5.26 Å². The molecule has 0 aliphatic heterocycles. The van der Waals surface area contributed by atoms with Crippen molar-refractivity contribution in [2.75, 3.05) is 0 Å². The summed E-state index contributed by atoms with van der Waals surface area (Å²) in [4.78, 5) is 0. The first kappa shape index (κ1) is 12.5. The van der Waals surface area contributed by atoms with Crippen LogP contribution in [0.1, 0.15) is 64.2 Å². The van der Waals surface area contributed by atoms with Gasteiger partial charge in [-0.05, 0) is 37.5 Å². The van der Waals surface area contributed by atoms with E-state index < -0.39 is 5.54 Å². The Kier molecular flexibility index (Phi) is 4.15. The number of hydrogen-bond donors (Lipinski definition) is 1. The van der Waals surface area contributed by atoms with E-state index in [1.54, 1.807) is 0 Å². The summed E-state index contributed by atoms with van der Waals surface area (Å²) in [6.07, 6.45) is 11.9. The summed E-state index contributed by atoms with van der Waals surface area (Å²) in [5.41, 5.74) is 6.90. The topological polar surface area (TPSA) is 60.0 Å². The molecular weight excluding hydrogens is 210 g/mol. The maximum Gasteiger partial charge on any atom is 0.172 e. The van der Waals surface area contributed by atoms with Gasteiger partial charge in [-0.25, -0.2) is 5.53 Å². The lowest BCUT2D eigenvalue weighted by atomic mass is 9.65. The molecule has 0 aromatic rings. The highest BCUT2D eigenvalue weighted by Gasteiger charge is 2.46.